The number of fused-ring (bicyclic) bond motifs is 2. The summed E-state index contributed by atoms with van der Waals surface area (Å²) in [7, 11) is 0. The van der Waals surface area contributed by atoms with Gasteiger partial charge in [0, 0.05) is 49.7 Å². The number of hydrogen-bond donors (Lipinski definition) is 1. The normalized spacial score (nSPS) is 30.5. The van der Waals surface area contributed by atoms with Gasteiger partial charge in [-0.05, 0) is 31.2 Å². The van der Waals surface area contributed by atoms with Gasteiger partial charge in [0.1, 0.15) is 0 Å². The lowest BCUT2D eigenvalue weighted by Crippen LogP contribution is -2.60. The zero-order valence-electron chi connectivity index (χ0n) is 16.2. The van der Waals surface area contributed by atoms with Crippen LogP contribution < -0.4 is 4.90 Å². The van der Waals surface area contributed by atoms with Crippen molar-refractivity contribution in [3.63, 3.8) is 0 Å². The minimum atomic E-state index is -0.879. The number of piperidine rings is 1. The summed E-state index contributed by atoms with van der Waals surface area (Å²) >= 11 is 0. The average molecular weight is 380 g/mol. The molecule has 2 bridgehead atoms. The number of ether oxygens (including phenoxy) is 1. The minimum Gasteiger partial charge on any atom is -0.385 e. The van der Waals surface area contributed by atoms with Gasteiger partial charge in [0.05, 0.1) is 18.8 Å². The number of benzene rings is 1. The van der Waals surface area contributed by atoms with Gasteiger partial charge in [-0.1, -0.05) is 30.3 Å². The highest BCUT2D eigenvalue weighted by Crippen LogP contribution is 2.41. The van der Waals surface area contributed by atoms with Crippen LogP contribution in [0.25, 0.3) is 0 Å². The molecule has 2 aromatic rings. The first-order valence-corrected chi connectivity index (χ1v) is 10.4. The van der Waals surface area contributed by atoms with E-state index < -0.39 is 5.60 Å². The molecule has 4 heterocycles. The molecule has 2 unspecified atom stereocenters. The Morgan fingerprint density at radius 2 is 1.64 bits per heavy atom. The first-order chi connectivity index (χ1) is 13.7. The highest BCUT2D eigenvalue weighted by atomic mass is 16.5. The zero-order chi connectivity index (χ0) is 19.0. The Morgan fingerprint density at radius 3 is 2.29 bits per heavy atom. The quantitative estimate of drug-likeness (QED) is 0.878. The summed E-state index contributed by atoms with van der Waals surface area (Å²) in [6, 6.07) is 11.0. The fourth-order valence-electron chi connectivity index (χ4n) is 4.98. The molecular weight excluding hydrogens is 352 g/mol. The van der Waals surface area contributed by atoms with Crippen LogP contribution in [0.3, 0.4) is 0 Å². The molecule has 3 aliphatic heterocycles. The SMILES string of the molecule is OC1(c2cnc(N3CCCC3)nc2)CC2COCC(C1)N2Cc1ccccc1. The second-order valence-electron chi connectivity index (χ2n) is 8.41. The van der Waals surface area contributed by atoms with Crippen LogP contribution in [-0.4, -0.2) is 58.4 Å². The van der Waals surface area contributed by atoms with E-state index in [0.717, 1.165) is 31.1 Å². The van der Waals surface area contributed by atoms with Crippen molar-refractivity contribution in [3.05, 3.63) is 53.9 Å². The van der Waals surface area contributed by atoms with Crippen LogP contribution in [-0.2, 0) is 16.9 Å². The van der Waals surface area contributed by atoms with Gasteiger partial charge in [-0.2, -0.15) is 0 Å². The molecule has 2 atom stereocenters. The second kappa shape index (κ2) is 7.43. The molecule has 5 rings (SSSR count). The van der Waals surface area contributed by atoms with Crippen molar-refractivity contribution in [3.8, 4) is 0 Å². The van der Waals surface area contributed by atoms with E-state index >= 15 is 0 Å². The molecular formula is C22H28N4O2. The van der Waals surface area contributed by atoms with E-state index in [9.17, 15) is 5.11 Å². The summed E-state index contributed by atoms with van der Waals surface area (Å²) < 4.78 is 5.83. The fourth-order valence-corrected chi connectivity index (χ4v) is 4.98. The average Bonchev–Trinajstić information content (AvgIpc) is 3.25. The van der Waals surface area contributed by atoms with Gasteiger partial charge in [-0.25, -0.2) is 9.97 Å². The summed E-state index contributed by atoms with van der Waals surface area (Å²) in [5, 5.41) is 11.5. The maximum atomic E-state index is 11.5. The van der Waals surface area contributed by atoms with Gasteiger partial charge in [-0.15, -0.1) is 0 Å². The van der Waals surface area contributed by atoms with E-state index in [1.165, 1.54) is 18.4 Å². The molecule has 28 heavy (non-hydrogen) atoms. The summed E-state index contributed by atoms with van der Waals surface area (Å²) in [6.07, 6.45) is 7.39. The molecule has 3 saturated heterocycles. The van der Waals surface area contributed by atoms with Crippen molar-refractivity contribution in [2.75, 3.05) is 31.2 Å². The molecule has 6 heteroatoms. The fraction of sp³-hybridized carbons (Fsp3) is 0.545. The van der Waals surface area contributed by atoms with E-state index in [1.54, 1.807) is 0 Å². The molecule has 0 saturated carbocycles. The molecule has 0 amide bonds. The molecule has 0 spiro atoms. The van der Waals surface area contributed by atoms with Crippen LogP contribution in [0.4, 0.5) is 5.95 Å². The van der Waals surface area contributed by atoms with E-state index in [1.807, 2.05) is 18.5 Å². The molecule has 0 radical (unpaired) electrons. The Labute approximate surface area is 166 Å². The highest BCUT2D eigenvalue weighted by molar-refractivity contribution is 5.32. The number of hydrogen-bond acceptors (Lipinski definition) is 6. The van der Waals surface area contributed by atoms with Crippen LogP contribution in [0, 0.1) is 0 Å². The van der Waals surface area contributed by atoms with Crippen LogP contribution in [0.1, 0.15) is 36.8 Å². The van der Waals surface area contributed by atoms with Gasteiger partial charge in [0.15, 0.2) is 0 Å². The van der Waals surface area contributed by atoms with Crippen LogP contribution in [0.15, 0.2) is 42.7 Å². The second-order valence-corrected chi connectivity index (χ2v) is 8.41. The van der Waals surface area contributed by atoms with Gasteiger partial charge in [0.2, 0.25) is 5.95 Å². The van der Waals surface area contributed by atoms with Gasteiger partial charge >= 0.3 is 0 Å². The molecule has 1 aromatic carbocycles. The Hall–Kier alpha value is -2.02. The smallest absolute Gasteiger partial charge is 0.225 e. The standard InChI is InChI=1S/C22H28N4O2/c27-22(18-12-23-21(24-13-18)25-8-4-5-9-25)10-19-15-28-16-20(11-22)26(19)14-17-6-2-1-3-7-17/h1-3,6-7,12-13,19-20,27H,4-5,8-11,14-16H2. The van der Waals surface area contributed by atoms with Crippen molar-refractivity contribution in [2.45, 2.75) is 49.9 Å². The Bertz CT molecular complexity index is 778. The first-order valence-electron chi connectivity index (χ1n) is 10.4. The van der Waals surface area contributed by atoms with Gasteiger partial charge in [-0.3, -0.25) is 4.90 Å². The maximum absolute atomic E-state index is 11.5. The van der Waals surface area contributed by atoms with Crippen molar-refractivity contribution in [2.24, 2.45) is 0 Å². The van der Waals surface area contributed by atoms with Crippen LogP contribution in [0.5, 0.6) is 0 Å². The lowest BCUT2D eigenvalue weighted by atomic mass is 9.77. The largest absolute Gasteiger partial charge is 0.385 e. The van der Waals surface area contributed by atoms with E-state index in [0.29, 0.717) is 26.1 Å². The van der Waals surface area contributed by atoms with Gasteiger partial charge in [0.25, 0.3) is 0 Å². The maximum Gasteiger partial charge on any atom is 0.225 e. The molecule has 148 valence electrons. The van der Waals surface area contributed by atoms with Crippen molar-refractivity contribution < 1.29 is 9.84 Å². The van der Waals surface area contributed by atoms with Crippen molar-refractivity contribution >= 4 is 5.95 Å². The third kappa shape index (κ3) is 3.41. The predicted octanol–water partition coefficient (Wildman–Crippen LogP) is 2.33. The number of rotatable bonds is 4. The monoisotopic (exact) mass is 380 g/mol. The molecule has 0 aliphatic carbocycles. The molecule has 3 fully saturated rings. The summed E-state index contributed by atoms with van der Waals surface area (Å²) in [5.74, 6) is 0.787. The highest BCUT2D eigenvalue weighted by Gasteiger charge is 2.47. The van der Waals surface area contributed by atoms with Crippen LogP contribution in [0.2, 0.25) is 0 Å². The number of aliphatic hydroxyl groups is 1. The van der Waals surface area contributed by atoms with Crippen molar-refractivity contribution in [1.82, 2.24) is 14.9 Å². The lowest BCUT2D eigenvalue weighted by molar-refractivity contribution is -0.149. The third-order valence-electron chi connectivity index (χ3n) is 6.48. The Kier molecular flexibility index (Phi) is 4.78. The van der Waals surface area contributed by atoms with Crippen LogP contribution >= 0.6 is 0 Å². The van der Waals surface area contributed by atoms with Gasteiger partial charge < -0.3 is 14.7 Å². The van der Waals surface area contributed by atoms with Crippen molar-refractivity contribution in [1.29, 1.82) is 0 Å². The molecule has 1 aromatic heterocycles. The topological polar surface area (TPSA) is 61.7 Å². The summed E-state index contributed by atoms with van der Waals surface area (Å²) in [5.41, 5.74) is 1.27. The summed E-state index contributed by atoms with van der Waals surface area (Å²) in [6.45, 7) is 4.29. The zero-order valence-corrected chi connectivity index (χ0v) is 16.2. The Morgan fingerprint density at radius 1 is 1.00 bits per heavy atom. The number of anilines is 1. The van der Waals surface area contributed by atoms with E-state index in [4.69, 9.17) is 4.74 Å². The van der Waals surface area contributed by atoms with E-state index in [2.05, 4.69) is 44.0 Å². The number of nitrogens with zero attached hydrogens (tertiary/aromatic N) is 4. The molecule has 3 aliphatic rings. The Balaban J connectivity index is 1.34. The summed E-state index contributed by atoms with van der Waals surface area (Å²) in [4.78, 5) is 13.9. The predicted molar refractivity (Wildman–Crippen MR) is 107 cm³/mol. The number of aromatic nitrogens is 2. The van der Waals surface area contributed by atoms with E-state index in [-0.39, 0.29) is 12.1 Å². The third-order valence-corrected chi connectivity index (χ3v) is 6.48. The minimum absolute atomic E-state index is 0.205. The molecule has 6 nitrogen and oxygen atoms in total. The first kappa shape index (κ1) is 18.0. The number of morpholine rings is 1. The lowest BCUT2D eigenvalue weighted by Gasteiger charge is -2.51. The molecule has 1 N–H and O–H groups in total.